The van der Waals surface area contributed by atoms with E-state index < -0.39 is 0 Å². The first-order valence-corrected chi connectivity index (χ1v) is 6.61. The van der Waals surface area contributed by atoms with Gasteiger partial charge in [0.05, 0.1) is 12.4 Å². The second-order valence-corrected chi connectivity index (χ2v) is 4.97. The van der Waals surface area contributed by atoms with Crippen molar-refractivity contribution in [3.8, 4) is 5.69 Å². The van der Waals surface area contributed by atoms with Gasteiger partial charge >= 0.3 is 6.03 Å². The van der Waals surface area contributed by atoms with Crippen molar-refractivity contribution in [1.82, 2.24) is 25.1 Å². The van der Waals surface area contributed by atoms with Crippen molar-refractivity contribution in [3.05, 3.63) is 31.0 Å². The summed E-state index contributed by atoms with van der Waals surface area (Å²) in [7, 11) is 0. The van der Waals surface area contributed by atoms with E-state index in [0.29, 0.717) is 11.7 Å². The van der Waals surface area contributed by atoms with Crippen LogP contribution in [0.25, 0.3) is 5.69 Å². The molecule has 2 aromatic rings. The molecule has 7 nitrogen and oxygen atoms in total. The van der Waals surface area contributed by atoms with Crippen molar-refractivity contribution in [3.63, 3.8) is 0 Å². The van der Waals surface area contributed by atoms with Gasteiger partial charge in [-0.1, -0.05) is 0 Å². The Labute approximate surface area is 116 Å². The van der Waals surface area contributed by atoms with Crippen LogP contribution < -0.4 is 10.6 Å². The highest BCUT2D eigenvalue weighted by molar-refractivity contribution is 5.88. The average Bonchev–Trinajstić information content (AvgIpc) is 3.21. The predicted molar refractivity (Wildman–Crippen MR) is 73.5 cm³/mol. The van der Waals surface area contributed by atoms with Gasteiger partial charge in [0.15, 0.2) is 5.82 Å². The van der Waals surface area contributed by atoms with Crippen LogP contribution in [0.2, 0.25) is 0 Å². The molecule has 1 aliphatic carbocycles. The Morgan fingerprint density at radius 1 is 1.40 bits per heavy atom. The zero-order chi connectivity index (χ0) is 13.9. The van der Waals surface area contributed by atoms with Crippen LogP contribution in [0.15, 0.2) is 31.0 Å². The van der Waals surface area contributed by atoms with Crippen molar-refractivity contribution in [2.24, 2.45) is 5.92 Å². The molecule has 2 heterocycles. The molecule has 7 heteroatoms. The smallest absolute Gasteiger partial charge is 0.320 e. The quantitative estimate of drug-likeness (QED) is 0.885. The maximum Gasteiger partial charge on any atom is 0.320 e. The Kier molecular flexibility index (Phi) is 3.32. The molecule has 1 unspecified atom stereocenters. The van der Waals surface area contributed by atoms with E-state index in [1.807, 2.05) is 6.92 Å². The van der Waals surface area contributed by atoms with Gasteiger partial charge in [-0.15, -0.1) is 5.10 Å². The van der Waals surface area contributed by atoms with Gasteiger partial charge in [-0.3, -0.25) is 5.32 Å². The molecule has 3 rings (SSSR count). The number of aromatic nitrogens is 4. The highest BCUT2D eigenvalue weighted by Gasteiger charge is 2.28. The molecule has 0 radical (unpaired) electrons. The number of rotatable bonds is 4. The lowest BCUT2D eigenvalue weighted by atomic mass is 10.2. The Morgan fingerprint density at radius 3 is 2.85 bits per heavy atom. The molecule has 0 saturated heterocycles. The SMILES string of the molecule is CC(NC(=O)Nc1ccn(-c2cncnc2)n1)C1CC1. The molecular formula is C13H16N6O. The molecule has 2 aromatic heterocycles. The molecule has 0 spiro atoms. The van der Waals surface area contributed by atoms with Crippen LogP contribution in [0.1, 0.15) is 19.8 Å². The standard InChI is InChI=1S/C13H16N6O/c1-9(10-2-3-10)16-13(20)17-12-4-5-19(18-12)11-6-14-8-15-7-11/h4-10H,2-3H2,1H3,(H2,16,17,18,20). The number of amides is 2. The lowest BCUT2D eigenvalue weighted by molar-refractivity contribution is 0.248. The second kappa shape index (κ2) is 5.28. The largest absolute Gasteiger partial charge is 0.335 e. The zero-order valence-corrected chi connectivity index (χ0v) is 11.2. The van der Waals surface area contributed by atoms with Gasteiger partial charge in [-0.25, -0.2) is 19.4 Å². The van der Waals surface area contributed by atoms with E-state index in [2.05, 4.69) is 25.7 Å². The van der Waals surface area contributed by atoms with Gasteiger partial charge in [-0.2, -0.15) is 0 Å². The number of carbonyl (C=O) groups excluding carboxylic acids is 1. The molecule has 0 bridgehead atoms. The first kappa shape index (κ1) is 12.6. The molecule has 1 aliphatic rings. The van der Waals surface area contributed by atoms with Crippen LogP contribution in [0, 0.1) is 5.92 Å². The fraction of sp³-hybridized carbons (Fsp3) is 0.385. The number of nitrogens with zero attached hydrogens (tertiary/aromatic N) is 4. The lowest BCUT2D eigenvalue weighted by Gasteiger charge is -2.12. The molecule has 1 fully saturated rings. The fourth-order valence-corrected chi connectivity index (χ4v) is 2.02. The summed E-state index contributed by atoms with van der Waals surface area (Å²) in [5.74, 6) is 1.12. The summed E-state index contributed by atoms with van der Waals surface area (Å²) in [6, 6.07) is 1.72. The minimum absolute atomic E-state index is 0.208. The molecule has 0 aromatic carbocycles. The van der Waals surface area contributed by atoms with Gasteiger partial charge in [-0.05, 0) is 25.7 Å². The van der Waals surface area contributed by atoms with Gasteiger partial charge in [0.1, 0.15) is 12.0 Å². The van der Waals surface area contributed by atoms with Crippen LogP contribution in [-0.2, 0) is 0 Å². The topological polar surface area (TPSA) is 84.7 Å². The number of nitrogens with one attached hydrogen (secondary N) is 2. The number of carbonyl (C=O) groups is 1. The molecule has 2 amide bonds. The summed E-state index contributed by atoms with van der Waals surface area (Å²) in [6.45, 7) is 2.02. The molecule has 1 atom stereocenters. The monoisotopic (exact) mass is 272 g/mol. The molecule has 2 N–H and O–H groups in total. The van der Waals surface area contributed by atoms with Crippen LogP contribution in [0.5, 0.6) is 0 Å². The number of hydrogen-bond acceptors (Lipinski definition) is 4. The van der Waals surface area contributed by atoms with Gasteiger partial charge in [0, 0.05) is 18.3 Å². The molecule has 1 saturated carbocycles. The van der Waals surface area contributed by atoms with Crippen molar-refractivity contribution in [1.29, 1.82) is 0 Å². The van der Waals surface area contributed by atoms with Gasteiger partial charge in [0.2, 0.25) is 0 Å². The molecule has 104 valence electrons. The summed E-state index contributed by atoms with van der Waals surface area (Å²) in [4.78, 5) is 19.7. The summed E-state index contributed by atoms with van der Waals surface area (Å²) >= 11 is 0. The Morgan fingerprint density at radius 2 is 2.15 bits per heavy atom. The normalized spacial score (nSPS) is 15.7. The molecule has 0 aliphatic heterocycles. The maximum absolute atomic E-state index is 11.8. The van der Waals surface area contributed by atoms with Crippen molar-refractivity contribution in [2.75, 3.05) is 5.32 Å². The average molecular weight is 272 g/mol. The Balaban J connectivity index is 1.61. The van der Waals surface area contributed by atoms with E-state index in [-0.39, 0.29) is 12.1 Å². The molecular weight excluding hydrogens is 256 g/mol. The minimum Gasteiger partial charge on any atom is -0.335 e. The second-order valence-electron chi connectivity index (χ2n) is 4.97. The molecule has 20 heavy (non-hydrogen) atoms. The Bertz CT molecular complexity index is 592. The van der Waals surface area contributed by atoms with Gasteiger partial charge in [0.25, 0.3) is 0 Å². The van der Waals surface area contributed by atoms with Crippen molar-refractivity contribution >= 4 is 11.8 Å². The fourth-order valence-electron chi connectivity index (χ4n) is 2.02. The van der Waals surface area contributed by atoms with Crippen LogP contribution in [0.3, 0.4) is 0 Å². The van der Waals surface area contributed by atoms with Crippen molar-refractivity contribution in [2.45, 2.75) is 25.8 Å². The third-order valence-electron chi connectivity index (χ3n) is 3.33. The van der Waals surface area contributed by atoms with E-state index in [9.17, 15) is 4.79 Å². The summed E-state index contributed by atoms with van der Waals surface area (Å²) in [5, 5.41) is 9.89. The number of urea groups is 1. The van der Waals surface area contributed by atoms with E-state index >= 15 is 0 Å². The summed E-state index contributed by atoms with van der Waals surface area (Å²) in [6.07, 6.45) is 8.91. The minimum atomic E-state index is -0.223. The van der Waals surface area contributed by atoms with Crippen LogP contribution in [-0.4, -0.2) is 31.8 Å². The van der Waals surface area contributed by atoms with Gasteiger partial charge < -0.3 is 5.32 Å². The highest BCUT2D eigenvalue weighted by Crippen LogP contribution is 2.32. The summed E-state index contributed by atoms with van der Waals surface area (Å²) < 4.78 is 1.61. The zero-order valence-electron chi connectivity index (χ0n) is 11.2. The number of anilines is 1. The van der Waals surface area contributed by atoms with Crippen LogP contribution >= 0.6 is 0 Å². The first-order chi connectivity index (χ1) is 9.72. The van der Waals surface area contributed by atoms with E-state index in [1.54, 1.807) is 29.3 Å². The maximum atomic E-state index is 11.8. The summed E-state index contributed by atoms with van der Waals surface area (Å²) in [5.41, 5.74) is 0.743. The van der Waals surface area contributed by atoms with E-state index in [4.69, 9.17) is 0 Å². The van der Waals surface area contributed by atoms with E-state index in [1.165, 1.54) is 19.2 Å². The van der Waals surface area contributed by atoms with Crippen LogP contribution in [0.4, 0.5) is 10.6 Å². The van der Waals surface area contributed by atoms with E-state index in [0.717, 1.165) is 5.69 Å². The van der Waals surface area contributed by atoms with Crippen molar-refractivity contribution < 1.29 is 4.79 Å². The third-order valence-corrected chi connectivity index (χ3v) is 3.33. The third kappa shape index (κ3) is 2.93. The highest BCUT2D eigenvalue weighted by atomic mass is 16.2. The lowest BCUT2D eigenvalue weighted by Crippen LogP contribution is -2.37. The number of hydrogen-bond donors (Lipinski definition) is 2. The first-order valence-electron chi connectivity index (χ1n) is 6.61. The predicted octanol–water partition coefficient (Wildman–Crippen LogP) is 1.58. The Hall–Kier alpha value is -2.44.